The Morgan fingerprint density at radius 3 is 2.43 bits per heavy atom. The molecule has 0 spiro atoms. The average molecular weight is 322 g/mol. The van der Waals surface area contributed by atoms with Crippen LogP contribution < -0.4 is 0 Å². The second-order valence-corrected chi connectivity index (χ2v) is 6.92. The number of benzene rings is 2. The summed E-state index contributed by atoms with van der Waals surface area (Å²) in [6.45, 7) is 4.26. The molecule has 0 aliphatic heterocycles. The van der Waals surface area contributed by atoms with Gasteiger partial charge in [0, 0.05) is 16.2 Å². The molecule has 1 N–H and O–H groups in total. The summed E-state index contributed by atoms with van der Waals surface area (Å²) in [7, 11) is 0. The van der Waals surface area contributed by atoms with Crippen molar-refractivity contribution in [3.8, 4) is 10.4 Å². The van der Waals surface area contributed by atoms with Crippen LogP contribution in [0.5, 0.6) is 0 Å². The van der Waals surface area contributed by atoms with Gasteiger partial charge < -0.3 is 5.11 Å². The van der Waals surface area contributed by atoms with Gasteiger partial charge in [0.1, 0.15) is 0 Å². The molecule has 0 saturated heterocycles. The first-order valence-corrected chi connectivity index (χ1v) is 8.33. The number of hydrogen-bond donors (Lipinski definition) is 1. The minimum absolute atomic E-state index is 0.320. The van der Waals surface area contributed by atoms with Crippen molar-refractivity contribution in [2.45, 2.75) is 20.3 Å². The van der Waals surface area contributed by atoms with E-state index < -0.39 is 5.97 Å². The van der Waals surface area contributed by atoms with Crippen molar-refractivity contribution in [2.24, 2.45) is 0 Å². The highest BCUT2D eigenvalue weighted by Gasteiger charge is 2.07. The van der Waals surface area contributed by atoms with Gasteiger partial charge in [0.05, 0.1) is 5.56 Å². The van der Waals surface area contributed by atoms with Crippen LogP contribution in [-0.4, -0.2) is 11.1 Å². The molecule has 1 heterocycles. The number of carboxylic acids is 1. The Morgan fingerprint density at radius 1 is 1.00 bits per heavy atom. The summed E-state index contributed by atoms with van der Waals surface area (Å²) < 4.78 is 0. The highest BCUT2D eigenvalue weighted by atomic mass is 32.1. The van der Waals surface area contributed by atoms with Gasteiger partial charge in [0.25, 0.3) is 0 Å². The van der Waals surface area contributed by atoms with Crippen molar-refractivity contribution < 1.29 is 9.90 Å². The minimum atomic E-state index is -0.890. The largest absolute Gasteiger partial charge is 0.478 e. The van der Waals surface area contributed by atoms with Crippen molar-refractivity contribution >= 4 is 17.3 Å². The van der Waals surface area contributed by atoms with E-state index in [-0.39, 0.29) is 0 Å². The van der Waals surface area contributed by atoms with E-state index in [1.165, 1.54) is 26.4 Å². The Morgan fingerprint density at radius 2 is 1.74 bits per heavy atom. The third-order valence-electron chi connectivity index (χ3n) is 3.95. The van der Waals surface area contributed by atoms with Crippen LogP contribution in [0, 0.1) is 13.8 Å². The maximum absolute atomic E-state index is 10.9. The second-order valence-electron chi connectivity index (χ2n) is 5.76. The highest BCUT2D eigenvalue weighted by Crippen LogP contribution is 2.30. The summed E-state index contributed by atoms with van der Waals surface area (Å²) in [6, 6.07) is 17.9. The number of aryl methyl sites for hydroxylation is 2. The number of rotatable bonds is 4. The summed E-state index contributed by atoms with van der Waals surface area (Å²) in [4.78, 5) is 13.4. The molecule has 23 heavy (non-hydrogen) atoms. The first-order chi connectivity index (χ1) is 11.0. The Hall–Kier alpha value is -2.39. The maximum Gasteiger partial charge on any atom is 0.335 e. The summed E-state index contributed by atoms with van der Waals surface area (Å²) in [5.41, 5.74) is 5.34. The van der Waals surface area contributed by atoms with Crippen molar-refractivity contribution in [2.75, 3.05) is 0 Å². The Balaban J connectivity index is 1.82. The van der Waals surface area contributed by atoms with Crippen molar-refractivity contribution in [3.63, 3.8) is 0 Å². The molecule has 2 nitrogen and oxygen atoms in total. The van der Waals surface area contributed by atoms with Gasteiger partial charge >= 0.3 is 5.97 Å². The SMILES string of the molecule is Cc1ccc(C)c(Cc2ccc(-c3ccc(C(=O)O)cc3)s2)c1. The van der Waals surface area contributed by atoms with E-state index in [2.05, 4.69) is 44.2 Å². The lowest BCUT2D eigenvalue weighted by atomic mass is 10.0. The van der Waals surface area contributed by atoms with Gasteiger partial charge in [-0.25, -0.2) is 4.79 Å². The maximum atomic E-state index is 10.9. The Labute approximate surface area is 140 Å². The van der Waals surface area contributed by atoms with Crippen molar-refractivity contribution in [1.82, 2.24) is 0 Å². The predicted octanol–water partition coefficient (Wildman–Crippen LogP) is 5.32. The molecule has 3 heteroatoms. The molecule has 0 aliphatic rings. The molecular formula is C20H18O2S. The molecule has 0 fully saturated rings. The lowest BCUT2D eigenvalue weighted by molar-refractivity contribution is 0.0697. The normalized spacial score (nSPS) is 10.7. The molecule has 0 amide bonds. The van der Waals surface area contributed by atoms with Crippen LogP contribution in [0.1, 0.15) is 31.9 Å². The number of aromatic carboxylic acids is 1. The lowest BCUT2D eigenvalue weighted by Gasteiger charge is -2.05. The smallest absolute Gasteiger partial charge is 0.335 e. The summed E-state index contributed by atoms with van der Waals surface area (Å²) in [5.74, 6) is -0.890. The van der Waals surface area contributed by atoms with Gasteiger partial charge in [-0.3, -0.25) is 0 Å². The van der Waals surface area contributed by atoms with Crippen LogP contribution in [0.25, 0.3) is 10.4 Å². The van der Waals surface area contributed by atoms with Crippen LogP contribution in [0.3, 0.4) is 0 Å². The molecule has 0 atom stereocenters. The van der Waals surface area contributed by atoms with Crippen LogP contribution >= 0.6 is 11.3 Å². The van der Waals surface area contributed by atoms with Crippen LogP contribution in [0.2, 0.25) is 0 Å². The number of carbonyl (C=O) groups is 1. The molecule has 3 rings (SSSR count). The zero-order valence-corrected chi connectivity index (χ0v) is 14.0. The topological polar surface area (TPSA) is 37.3 Å². The van der Waals surface area contributed by atoms with E-state index >= 15 is 0 Å². The van der Waals surface area contributed by atoms with E-state index in [0.29, 0.717) is 5.56 Å². The molecule has 1 aromatic heterocycles. The molecule has 0 bridgehead atoms. The van der Waals surface area contributed by atoms with Gasteiger partial charge in [-0.1, -0.05) is 35.9 Å². The van der Waals surface area contributed by atoms with E-state index in [0.717, 1.165) is 12.0 Å². The fourth-order valence-corrected chi connectivity index (χ4v) is 3.62. The standard InChI is InChI=1S/C20H18O2S/c1-13-3-4-14(2)17(11-13)12-18-9-10-19(23-18)15-5-7-16(8-6-15)20(21)22/h3-11H,12H2,1-2H3,(H,21,22). The first-order valence-electron chi connectivity index (χ1n) is 7.51. The number of carboxylic acid groups (broad SMARTS) is 1. The van der Waals surface area contributed by atoms with E-state index in [4.69, 9.17) is 5.11 Å². The monoisotopic (exact) mass is 322 g/mol. The van der Waals surface area contributed by atoms with Gasteiger partial charge in [0.2, 0.25) is 0 Å². The van der Waals surface area contributed by atoms with Gasteiger partial charge in [0.15, 0.2) is 0 Å². The average Bonchev–Trinajstić information content (AvgIpc) is 2.99. The quantitative estimate of drug-likeness (QED) is 0.705. The molecule has 0 saturated carbocycles. The second kappa shape index (κ2) is 6.39. The fraction of sp³-hybridized carbons (Fsp3) is 0.150. The summed E-state index contributed by atoms with van der Waals surface area (Å²) in [5, 5.41) is 8.97. The lowest BCUT2D eigenvalue weighted by Crippen LogP contribution is -1.94. The zero-order chi connectivity index (χ0) is 16.4. The Kier molecular flexibility index (Phi) is 4.30. The molecule has 0 radical (unpaired) electrons. The highest BCUT2D eigenvalue weighted by molar-refractivity contribution is 7.15. The van der Waals surface area contributed by atoms with Crippen LogP contribution in [0.15, 0.2) is 54.6 Å². The summed E-state index contributed by atoms with van der Waals surface area (Å²) in [6.07, 6.45) is 0.936. The fourth-order valence-electron chi connectivity index (χ4n) is 2.58. The van der Waals surface area contributed by atoms with E-state index in [9.17, 15) is 4.79 Å². The van der Waals surface area contributed by atoms with Gasteiger partial charge in [-0.2, -0.15) is 0 Å². The third kappa shape index (κ3) is 3.51. The van der Waals surface area contributed by atoms with Crippen molar-refractivity contribution in [3.05, 3.63) is 81.7 Å². The molecule has 0 aliphatic carbocycles. The van der Waals surface area contributed by atoms with E-state index in [1.54, 1.807) is 23.5 Å². The van der Waals surface area contributed by atoms with E-state index in [1.807, 2.05) is 12.1 Å². The van der Waals surface area contributed by atoms with Gasteiger partial charge in [-0.15, -0.1) is 11.3 Å². The number of thiophene rings is 1. The molecule has 116 valence electrons. The van der Waals surface area contributed by atoms with Crippen LogP contribution in [0.4, 0.5) is 0 Å². The molecule has 2 aromatic carbocycles. The Bertz CT molecular complexity index is 844. The zero-order valence-electron chi connectivity index (χ0n) is 13.2. The predicted molar refractivity (Wildman–Crippen MR) is 95.4 cm³/mol. The third-order valence-corrected chi connectivity index (χ3v) is 5.08. The molecule has 0 unspecified atom stereocenters. The van der Waals surface area contributed by atoms with Crippen molar-refractivity contribution in [1.29, 1.82) is 0 Å². The number of hydrogen-bond acceptors (Lipinski definition) is 2. The minimum Gasteiger partial charge on any atom is -0.478 e. The van der Waals surface area contributed by atoms with Gasteiger partial charge in [-0.05, 0) is 54.8 Å². The summed E-state index contributed by atoms with van der Waals surface area (Å²) >= 11 is 1.76. The first kappa shape index (κ1) is 15.5. The molecule has 3 aromatic rings. The molecular weight excluding hydrogens is 304 g/mol. The van der Waals surface area contributed by atoms with Crippen LogP contribution in [-0.2, 0) is 6.42 Å².